The molecule has 0 saturated carbocycles. The van der Waals surface area contributed by atoms with Gasteiger partial charge < -0.3 is 15.2 Å². The van der Waals surface area contributed by atoms with Gasteiger partial charge in [-0.2, -0.15) is 0 Å². The lowest BCUT2D eigenvalue weighted by Gasteiger charge is -2.11. The predicted molar refractivity (Wildman–Crippen MR) is 94.6 cm³/mol. The highest BCUT2D eigenvalue weighted by Crippen LogP contribution is 2.09. The standard InChI is InChI=1S/C17H24N4O3/c1-4-5-9-21-16(23)13-7-6-12(11-14(13)19-17(21)24)15(22)18-8-10-20(2)3/h6-7,11H,4-5,8-10H2,1-3H3,(H,18,22)(H,19,24). The minimum atomic E-state index is -0.439. The fraction of sp³-hybridized carbons (Fsp3) is 0.471. The maximum Gasteiger partial charge on any atom is 0.328 e. The Labute approximate surface area is 140 Å². The average Bonchev–Trinajstić information content (AvgIpc) is 2.53. The van der Waals surface area contributed by atoms with Crippen molar-refractivity contribution in [2.24, 2.45) is 0 Å². The van der Waals surface area contributed by atoms with Crippen LogP contribution in [0.15, 0.2) is 27.8 Å². The number of rotatable bonds is 7. The van der Waals surface area contributed by atoms with E-state index in [1.54, 1.807) is 18.2 Å². The monoisotopic (exact) mass is 332 g/mol. The Morgan fingerprint density at radius 2 is 2.04 bits per heavy atom. The third-order valence-corrected chi connectivity index (χ3v) is 3.82. The third-order valence-electron chi connectivity index (χ3n) is 3.82. The lowest BCUT2D eigenvalue weighted by Crippen LogP contribution is -2.35. The van der Waals surface area contributed by atoms with Crippen LogP contribution in [0.2, 0.25) is 0 Å². The Balaban J connectivity index is 2.30. The number of aromatic nitrogens is 2. The number of carbonyl (C=O) groups excluding carboxylic acids is 1. The van der Waals surface area contributed by atoms with Crippen molar-refractivity contribution in [3.8, 4) is 0 Å². The van der Waals surface area contributed by atoms with Gasteiger partial charge in [0.25, 0.3) is 11.5 Å². The summed E-state index contributed by atoms with van der Waals surface area (Å²) in [6, 6.07) is 4.75. The maximum atomic E-state index is 12.4. The van der Waals surface area contributed by atoms with E-state index in [9.17, 15) is 14.4 Å². The van der Waals surface area contributed by atoms with Crippen molar-refractivity contribution in [3.05, 3.63) is 44.6 Å². The number of benzene rings is 1. The zero-order chi connectivity index (χ0) is 17.7. The molecule has 1 aromatic heterocycles. The van der Waals surface area contributed by atoms with Gasteiger partial charge in [-0.25, -0.2) is 4.79 Å². The van der Waals surface area contributed by atoms with Crippen LogP contribution in [0.4, 0.5) is 0 Å². The van der Waals surface area contributed by atoms with E-state index >= 15 is 0 Å². The van der Waals surface area contributed by atoms with E-state index in [0.29, 0.717) is 29.6 Å². The second-order valence-corrected chi connectivity index (χ2v) is 6.06. The third kappa shape index (κ3) is 4.11. The van der Waals surface area contributed by atoms with Crippen LogP contribution in [0.25, 0.3) is 10.9 Å². The van der Waals surface area contributed by atoms with Crippen molar-refractivity contribution in [2.45, 2.75) is 26.3 Å². The number of H-pyrrole nitrogens is 1. The first-order chi connectivity index (χ1) is 11.4. The van der Waals surface area contributed by atoms with Gasteiger partial charge in [-0.3, -0.25) is 14.2 Å². The first kappa shape index (κ1) is 17.9. The largest absolute Gasteiger partial charge is 0.351 e. The number of fused-ring (bicyclic) bond motifs is 1. The number of unbranched alkanes of at least 4 members (excludes halogenated alkanes) is 1. The molecule has 0 radical (unpaired) electrons. The van der Waals surface area contributed by atoms with Gasteiger partial charge in [0.15, 0.2) is 0 Å². The Kier molecular flexibility index (Phi) is 5.92. The molecule has 0 bridgehead atoms. The Morgan fingerprint density at radius 1 is 1.29 bits per heavy atom. The van der Waals surface area contributed by atoms with E-state index in [1.165, 1.54) is 4.57 Å². The van der Waals surface area contributed by atoms with E-state index < -0.39 is 5.69 Å². The molecule has 0 aliphatic carbocycles. The number of aromatic amines is 1. The lowest BCUT2D eigenvalue weighted by atomic mass is 10.1. The number of hydrogen-bond donors (Lipinski definition) is 2. The Bertz CT molecular complexity index is 836. The number of amides is 1. The van der Waals surface area contributed by atoms with Crippen molar-refractivity contribution in [1.29, 1.82) is 0 Å². The molecule has 1 aromatic carbocycles. The first-order valence-electron chi connectivity index (χ1n) is 8.14. The van der Waals surface area contributed by atoms with Gasteiger partial charge >= 0.3 is 5.69 Å². The smallest absolute Gasteiger partial charge is 0.328 e. The van der Waals surface area contributed by atoms with Crippen LogP contribution in [0.1, 0.15) is 30.1 Å². The summed E-state index contributed by atoms with van der Waals surface area (Å²) in [6.45, 7) is 3.66. The number of nitrogens with zero attached hydrogens (tertiary/aromatic N) is 2. The van der Waals surface area contributed by atoms with Gasteiger partial charge in [0, 0.05) is 25.2 Å². The van der Waals surface area contributed by atoms with Crippen LogP contribution in [0, 0.1) is 0 Å². The molecule has 2 N–H and O–H groups in total. The predicted octanol–water partition coefficient (Wildman–Crippen LogP) is 0.781. The maximum absolute atomic E-state index is 12.4. The molecule has 0 saturated heterocycles. The van der Waals surface area contributed by atoms with E-state index in [2.05, 4.69) is 10.3 Å². The molecule has 0 aliphatic heterocycles. The Hall–Kier alpha value is -2.41. The van der Waals surface area contributed by atoms with Crippen molar-refractivity contribution in [3.63, 3.8) is 0 Å². The van der Waals surface area contributed by atoms with Crippen LogP contribution in [0.3, 0.4) is 0 Å². The summed E-state index contributed by atoms with van der Waals surface area (Å²) in [4.78, 5) is 41.3. The highest BCUT2D eigenvalue weighted by molar-refractivity contribution is 5.97. The quantitative estimate of drug-likeness (QED) is 0.784. The molecule has 7 nitrogen and oxygen atoms in total. The molecule has 0 unspecified atom stereocenters. The molecule has 1 amide bonds. The van der Waals surface area contributed by atoms with Crippen LogP contribution >= 0.6 is 0 Å². The number of likely N-dealkylation sites (N-methyl/N-ethyl adjacent to an activating group) is 1. The van der Waals surface area contributed by atoms with Crippen molar-refractivity contribution in [1.82, 2.24) is 19.8 Å². The molecular weight excluding hydrogens is 308 g/mol. The van der Waals surface area contributed by atoms with Crippen LogP contribution in [-0.2, 0) is 6.54 Å². The first-order valence-corrected chi connectivity index (χ1v) is 8.14. The van der Waals surface area contributed by atoms with Crippen LogP contribution in [-0.4, -0.2) is 47.5 Å². The summed E-state index contributed by atoms with van der Waals surface area (Å²) in [5.74, 6) is -0.227. The van der Waals surface area contributed by atoms with Crippen molar-refractivity contribution in [2.75, 3.05) is 27.2 Å². The molecule has 0 aliphatic rings. The summed E-state index contributed by atoms with van der Waals surface area (Å²) in [5, 5.41) is 3.22. The molecular formula is C17H24N4O3. The number of nitrogens with one attached hydrogen (secondary N) is 2. The number of hydrogen-bond acceptors (Lipinski definition) is 4. The minimum Gasteiger partial charge on any atom is -0.351 e. The molecule has 24 heavy (non-hydrogen) atoms. The normalized spacial score (nSPS) is 11.2. The average molecular weight is 332 g/mol. The van der Waals surface area contributed by atoms with E-state index in [-0.39, 0.29) is 11.5 Å². The van der Waals surface area contributed by atoms with E-state index in [1.807, 2.05) is 25.9 Å². The summed E-state index contributed by atoms with van der Waals surface area (Å²) in [7, 11) is 3.85. The van der Waals surface area contributed by atoms with Crippen LogP contribution in [0.5, 0.6) is 0 Å². The van der Waals surface area contributed by atoms with Crippen LogP contribution < -0.4 is 16.6 Å². The SMILES string of the molecule is CCCCn1c(=O)[nH]c2cc(C(=O)NCCN(C)C)ccc2c1=O. The molecule has 7 heteroatoms. The van der Waals surface area contributed by atoms with Crippen molar-refractivity contribution < 1.29 is 4.79 Å². The van der Waals surface area contributed by atoms with E-state index in [4.69, 9.17) is 0 Å². The molecule has 2 aromatic rings. The topological polar surface area (TPSA) is 87.2 Å². The van der Waals surface area contributed by atoms with Gasteiger partial charge in [-0.1, -0.05) is 13.3 Å². The highest BCUT2D eigenvalue weighted by Gasteiger charge is 2.11. The van der Waals surface area contributed by atoms with Gasteiger partial charge in [-0.05, 0) is 38.7 Å². The summed E-state index contributed by atoms with van der Waals surface area (Å²) < 4.78 is 1.21. The van der Waals surface area contributed by atoms with Gasteiger partial charge in [0.1, 0.15) is 0 Å². The minimum absolute atomic E-state index is 0.227. The number of carbonyl (C=O) groups is 1. The summed E-state index contributed by atoms with van der Waals surface area (Å²) in [6.07, 6.45) is 1.66. The molecule has 130 valence electrons. The van der Waals surface area contributed by atoms with Gasteiger partial charge in [0.2, 0.25) is 0 Å². The van der Waals surface area contributed by atoms with Crippen molar-refractivity contribution >= 4 is 16.8 Å². The summed E-state index contributed by atoms with van der Waals surface area (Å²) >= 11 is 0. The molecule has 1 heterocycles. The summed E-state index contributed by atoms with van der Waals surface area (Å²) in [5.41, 5.74) is 0.0495. The van der Waals surface area contributed by atoms with Gasteiger partial charge in [-0.15, -0.1) is 0 Å². The zero-order valence-electron chi connectivity index (χ0n) is 14.4. The fourth-order valence-electron chi connectivity index (χ4n) is 2.41. The molecule has 0 fully saturated rings. The molecule has 0 spiro atoms. The molecule has 2 rings (SSSR count). The Morgan fingerprint density at radius 3 is 2.71 bits per heavy atom. The zero-order valence-corrected chi connectivity index (χ0v) is 14.4. The van der Waals surface area contributed by atoms with E-state index in [0.717, 1.165) is 19.4 Å². The highest BCUT2D eigenvalue weighted by atomic mass is 16.2. The molecule has 0 atom stereocenters. The van der Waals surface area contributed by atoms with Gasteiger partial charge in [0.05, 0.1) is 10.9 Å². The second kappa shape index (κ2) is 7.92. The fourth-order valence-corrected chi connectivity index (χ4v) is 2.41. The second-order valence-electron chi connectivity index (χ2n) is 6.06. The lowest BCUT2D eigenvalue weighted by molar-refractivity contribution is 0.0951.